The Hall–Kier alpha value is -0.580. The van der Waals surface area contributed by atoms with Gasteiger partial charge in [-0.15, -0.1) is 11.3 Å². The molecule has 0 aliphatic carbocycles. The molecule has 3 nitrogen and oxygen atoms in total. The van der Waals surface area contributed by atoms with E-state index in [1.54, 1.807) is 18.4 Å². The molecule has 13 heavy (non-hydrogen) atoms. The second-order valence-electron chi connectivity index (χ2n) is 2.39. The van der Waals surface area contributed by atoms with Gasteiger partial charge in [-0.1, -0.05) is 0 Å². The fraction of sp³-hybridized carbons (Fsp3) is 0.556. The van der Waals surface area contributed by atoms with Gasteiger partial charge in [0, 0.05) is 19.1 Å². The molecule has 1 heterocycles. The Morgan fingerprint density at radius 2 is 2.38 bits per heavy atom. The molecular weight excluding hydrogens is 188 g/mol. The Kier molecular flexibility index (Phi) is 4.82. The molecule has 0 aromatic carbocycles. The average Bonchev–Trinajstić information content (AvgIpc) is 2.64. The topological polar surface area (TPSA) is 27.7 Å². The molecule has 0 N–H and O–H groups in total. The monoisotopic (exact) mass is 202 g/mol. The first-order valence-electron chi connectivity index (χ1n) is 4.16. The smallest absolute Gasteiger partial charge is 0.191 e. The van der Waals surface area contributed by atoms with E-state index < -0.39 is 0 Å². The van der Waals surface area contributed by atoms with E-state index in [4.69, 9.17) is 14.2 Å². The maximum atomic E-state index is 5.41. The standard InChI is InChI=1S/C9H14O3S/c1-3-11-9(10-2)6-12-8-4-5-13-7-8/h4-5,7,9H,3,6H2,1-2H3. The number of ether oxygens (including phenoxy) is 3. The predicted octanol–water partition coefficient (Wildman–Crippen LogP) is 2.14. The highest BCUT2D eigenvalue weighted by Gasteiger charge is 2.06. The molecule has 1 unspecified atom stereocenters. The highest BCUT2D eigenvalue weighted by Crippen LogP contribution is 2.15. The molecule has 1 atom stereocenters. The zero-order valence-corrected chi connectivity index (χ0v) is 8.67. The van der Waals surface area contributed by atoms with Gasteiger partial charge >= 0.3 is 0 Å². The summed E-state index contributed by atoms with van der Waals surface area (Å²) >= 11 is 1.61. The second kappa shape index (κ2) is 5.96. The van der Waals surface area contributed by atoms with Gasteiger partial charge in [-0.3, -0.25) is 0 Å². The summed E-state index contributed by atoms with van der Waals surface area (Å²) in [5.41, 5.74) is 0. The van der Waals surface area contributed by atoms with Crippen LogP contribution in [0.1, 0.15) is 6.92 Å². The third kappa shape index (κ3) is 3.76. The largest absolute Gasteiger partial charge is 0.487 e. The van der Waals surface area contributed by atoms with Gasteiger partial charge in [-0.05, 0) is 18.4 Å². The molecule has 0 bridgehead atoms. The van der Waals surface area contributed by atoms with Crippen LogP contribution in [0.25, 0.3) is 0 Å². The molecule has 0 fully saturated rings. The van der Waals surface area contributed by atoms with Crippen LogP contribution < -0.4 is 4.74 Å². The van der Waals surface area contributed by atoms with E-state index in [0.29, 0.717) is 13.2 Å². The molecule has 1 rings (SSSR count). The van der Waals surface area contributed by atoms with Gasteiger partial charge < -0.3 is 14.2 Å². The van der Waals surface area contributed by atoms with E-state index in [1.807, 2.05) is 23.8 Å². The third-order valence-corrected chi connectivity index (χ3v) is 2.16. The van der Waals surface area contributed by atoms with Crippen molar-refractivity contribution >= 4 is 11.3 Å². The fourth-order valence-corrected chi connectivity index (χ4v) is 1.44. The van der Waals surface area contributed by atoms with E-state index in [9.17, 15) is 0 Å². The van der Waals surface area contributed by atoms with Crippen LogP contribution in [-0.2, 0) is 9.47 Å². The Morgan fingerprint density at radius 1 is 1.54 bits per heavy atom. The van der Waals surface area contributed by atoms with Gasteiger partial charge in [-0.2, -0.15) is 0 Å². The lowest BCUT2D eigenvalue weighted by Gasteiger charge is -2.14. The zero-order valence-electron chi connectivity index (χ0n) is 7.86. The van der Waals surface area contributed by atoms with Crippen LogP contribution in [0.3, 0.4) is 0 Å². The molecular formula is C9H14O3S. The van der Waals surface area contributed by atoms with Gasteiger partial charge in [0.25, 0.3) is 0 Å². The van der Waals surface area contributed by atoms with Crippen molar-refractivity contribution in [3.63, 3.8) is 0 Å². The van der Waals surface area contributed by atoms with Crippen molar-refractivity contribution in [3.8, 4) is 5.75 Å². The van der Waals surface area contributed by atoms with Gasteiger partial charge in [0.2, 0.25) is 0 Å². The van der Waals surface area contributed by atoms with Crippen LogP contribution in [-0.4, -0.2) is 26.6 Å². The molecule has 0 aliphatic rings. The minimum Gasteiger partial charge on any atom is -0.487 e. The van der Waals surface area contributed by atoms with Crippen molar-refractivity contribution in [2.75, 3.05) is 20.3 Å². The number of rotatable bonds is 6. The summed E-state index contributed by atoms with van der Waals surface area (Å²) < 4.78 is 15.7. The Bertz CT molecular complexity index is 211. The normalized spacial score (nSPS) is 12.8. The Labute approximate surface area is 82.2 Å². The summed E-state index contributed by atoms with van der Waals surface area (Å²) in [5.74, 6) is 0.867. The number of hydrogen-bond donors (Lipinski definition) is 0. The molecule has 0 amide bonds. The van der Waals surface area contributed by atoms with Gasteiger partial charge in [0.1, 0.15) is 12.4 Å². The molecule has 0 aliphatic heterocycles. The molecule has 1 aromatic heterocycles. The lowest BCUT2D eigenvalue weighted by Crippen LogP contribution is -2.23. The molecule has 1 aromatic rings. The third-order valence-electron chi connectivity index (χ3n) is 1.50. The first-order valence-corrected chi connectivity index (χ1v) is 5.10. The van der Waals surface area contributed by atoms with Crippen LogP contribution in [0.2, 0.25) is 0 Å². The van der Waals surface area contributed by atoms with E-state index in [1.165, 1.54) is 0 Å². The Morgan fingerprint density at radius 3 is 2.92 bits per heavy atom. The van der Waals surface area contributed by atoms with Crippen molar-refractivity contribution in [2.45, 2.75) is 13.2 Å². The summed E-state index contributed by atoms with van der Waals surface area (Å²) in [4.78, 5) is 0. The summed E-state index contributed by atoms with van der Waals surface area (Å²) in [6, 6.07) is 1.92. The van der Waals surface area contributed by atoms with Crippen molar-refractivity contribution < 1.29 is 14.2 Å². The van der Waals surface area contributed by atoms with Crippen molar-refractivity contribution in [3.05, 3.63) is 16.8 Å². The van der Waals surface area contributed by atoms with Crippen molar-refractivity contribution in [1.82, 2.24) is 0 Å². The average molecular weight is 202 g/mol. The first kappa shape index (κ1) is 10.5. The zero-order chi connectivity index (χ0) is 9.52. The maximum Gasteiger partial charge on any atom is 0.191 e. The molecule has 0 saturated heterocycles. The van der Waals surface area contributed by atoms with Crippen LogP contribution in [0.4, 0.5) is 0 Å². The van der Waals surface area contributed by atoms with Crippen molar-refractivity contribution in [2.24, 2.45) is 0 Å². The number of methoxy groups -OCH3 is 1. The summed E-state index contributed by atoms with van der Waals surface area (Å²) in [5, 5.41) is 3.91. The summed E-state index contributed by atoms with van der Waals surface area (Å²) in [6.45, 7) is 2.99. The van der Waals surface area contributed by atoms with E-state index in [2.05, 4.69) is 0 Å². The maximum absolute atomic E-state index is 5.41. The lowest BCUT2D eigenvalue weighted by atomic mass is 10.6. The van der Waals surface area contributed by atoms with Gasteiger partial charge in [0.05, 0.1) is 0 Å². The van der Waals surface area contributed by atoms with Crippen LogP contribution in [0, 0.1) is 0 Å². The molecule has 4 heteroatoms. The highest BCUT2D eigenvalue weighted by atomic mass is 32.1. The molecule has 0 spiro atoms. The number of thiophene rings is 1. The molecule has 0 radical (unpaired) electrons. The van der Waals surface area contributed by atoms with E-state index in [0.717, 1.165) is 5.75 Å². The van der Waals surface area contributed by atoms with E-state index in [-0.39, 0.29) is 6.29 Å². The van der Waals surface area contributed by atoms with Crippen LogP contribution in [0.15, 0.2) is 16.8 Å². The van der Waals surface area contributed by atoms with Gasteiger partial charge in [-0.25, -0.2) is 0 Å². The SMILES string of the molecule is CCOC(COc1ccsc1)OC. The van der Waals surface area contributed by atoms with Gasteiger partial charge in [0.15, 0.2) is 6.29 Å². The first-order chi connectivity index (χ1) is 6.36. The van der Waals surface area contributed by atoms with Crippen LogP contribution >= 0.6 is 11.3 Å². The highest BCUT2D eigenvalue weighted by molar-refractivity contribution is 7.08. The van der Waals surface area contributed by atoms with E-state index >= 15 is 0 Å². The van der Waals surface area contributed by atoms with Crippen LogP contribution in [0.5, 0.6) is 5.75 Å². The Balaban J connectivity index is 2.23. The number of hydrogen-bond acceptors (Lipinski definition) is 4. The summed E-state index contributed by atoms with van der Waals surface area (Å²) in [6.07, 6.45) is -0.273. The van der Waals surface area contributed by atoms with Crippen molar-refractivity contribution in [1.29, 1.82) is 0 Å². The second-order valence-corrected chi connectivity index (χ2v) is 3.17. The molecule has 0 saturated carbocycles. The fourth-order valence-electron chi connectivity index (χ4n) is 0.868. The molecule has 74 valence electrons. The summed E-state index contributed by atoms with van der Waals surface area (Å²) in [7, 11) is 1.61. The minimum atomic E-state index is -0.273. The quantitative estimate of drug-likeness (QED) is 0.661. The predicted molar refractivity (Wildman–Crippen MR) is 52.2 cm³/mol. The lowest BCUT2D eigenvalue weighted by molar-refractivity contribution is -0.137. The minimum absolute atomic E-state index is 0.273.